The predicted octanol–water partition coefficient (Wildman–Crippen LogP) is 5.67. The Morgan fingerprint density at radius 3 is 2.41 bits per heavy atom. The van der Waals surface area contributed by atoms with Crippen LogP contribution in [0.5, 0.6) is 5.75 Å². The van der Waals surface area contributed by atoms with Crippen molar-refractivity contribution in [2.24, 2.45) is 0 Å². The van der Waals surface area contributed by atoms with Crippen molar-refractivity contribution in [3.63, 3.8) is 0 Å². The summed E-state index contributed by atoms with van der Waals surface area (Å²) in [6.07, 6.45) is 1.94. The predicted molar refractivity (Wildman–Crippen MR) is 154 cm³/mol. The summed E-state index contributed by atoms with van der Waals surface area (Å²) in [5.74, 6) is 0.314. The van der Waals surface area contributed by atoms with Gasteiger partial charge in [0, 0.05) is 23.3 Å². The van der Waals surface area contributed by atoms with Gasteiger partial charge in [0.25, 0.3) is 0 Å². The van der Waals surface area contributed by atoms with E-state index < -0.39 is 21.4 Å². The maximum atomic E-state index is 11.6. The number of sulfone groups is 1. The van der Waals surface area contributed by atoms with Crippen molar-refractivity contribution in [1.82, 2.24) is 9.97 Å². The van der Waals surface area contributed by atoms with E-state index in [0.717, 1.165) is 33.9 Å². The zero-order valence-electron chi connectivity index (χ0n) is 21.6. The molecule has 0 spiro atoms. The number of ether oxygens (including phenoxy) is 1. The van der Waals surface area contributed by atoms with Crippen LogP contribution in [0.25, 0.3) is 22.0 Å². The first-order chi connectivity index (χ1) is 18.4. The van der Waals surface area contributed by atoms with Crippen molar-refractivity contribution in [3.8, 4) is 22.9 Å². The molecule has 0 amide bonds. The van der Waals surface area contributed by atoms with E-state index in [0.29, 0.717) is 5.52 Å². The Bertz CT molecular complexity index is 1670. The molecule has 0 radical (unpaired) electrons. The summed E-state index contributed by atoms with van der Waals surface area (Å²) < 4.78 is 28.7. The number of rotatable bonds is 9. The zero-order valence-corrected chi connectivity index (χ0v) is 24.0. The Morgan fingerprint density at radius 1 is 1.08 bits per heavy atom. The van der Waals surface area contributed by atoms with Crippen LogP contribution in [0.1, 0.15) is 36.4 Å². The maximum Gasteiger partial charge on any atom is 0.155 e. The molecule has 0 saturated carbocycles. The Labute approximate surface area is 237 Å². The van der Waals surface area contributed by atoms with E-state index in [1.807, 2.05) is 56.3 Å². The molecule has 10 heteroatoms. The Morgan fingerprint density at radius 2 is 1.77 bits per heavy atom. The lowest BCUT2D eigenvalue weighted by molar-refractivity contribution is 0.125. The van der Waals surface area contributed by atoms with Crippen LogP contribution in [0.3, 0.4) is 0 Å². The van der Waals surface area contributed by atoms with E-state index in [1.54, 1.807) is 18.3 Å². The highest BCUT2D eigenvalue weighted by molar-refractivity contribution is 7.89. The molecule has 7 nitrogen and oxygen atoms in total. The van der Waals surface area contributed by atoms with Crippen LogP contribution < -0.4 is 4.74 Å². The fourth-order valence-electron chi connectivity index (χ4n) is 4.21. The molecule has 0 saturated heterocycles. The third kappa shape index (κ3) is 6.68. The summed E-state index contributed by atoms with van der Waals surface area (Å²) in [7, 11) is -3.22. The molecule has 4 rings (SSSR count). The number of aromatic nitrogens is 2. The van der Waals surface area contributed by atoms with Crippen molar-refractivity contribution in [1.29, 1.82) is 5.26 Å². The van der Waals surface area contributed by atoms with E-state index in [-0.39, 0.29) is 40.4 Å². The molecule has 1 N–H and O–H groups in total. The van der Waals surface area contributed by atoms with Gasteiger partial charge in [0.1, 0.15) is 30.4 Å². The van der Waals surface area contributed by atoms with Gasteiger partial charge in [-0.1, -0.05) is 55.8 Å². The molecule has 0 aliphatic carbocycles. The van der Waals surface area contributed by atoms with E-state index in [2.05, 4.69) is 16.0 Å². The minimum absolute atomic E-state index is 0.0138. The smallest absolute Gasteiger partial charge is 0.155 e. The topological polar surface area (TPSA) is 113 Å². The lowest BCUT2D eigenvalue weighted by Gasteiger charge is -2.27. The molecular weight excluding hydrogens is 557 g/mol. The van der Waals surface area contributed by atoms with Crippen LogP contribution in [0.2, 0.25) is 5.02 Å². The summed E-state index contributed by atoms with van der Waals surface area (Å²) in [5, 5.41) is 20.5. The summed E-state index contributed by atoms with van der Waals surface area (Å²) >= 11 is 12.1. The zero-order chi connectivity index (χ0) is 28.4. The molecule has 0 aliphatic rings. The van der Waals surface area contributed by atoms with Crippen LogP contribution >= 0.6 is 23.2 Å². The number of fused-ring (bicyclic) bond motifs is 1. The second kappa shape index (κ2) is 11.5. The number of halogens is 2. The molecule has 1 aromatic heterocycles. The van der Waals surface area contributed by atoms with Crippen molar-refractivity contribution >= 4 is 43.9 Å². The molecule has 1 heterocycles. The molecule has 3 aromatic carbocycles. The van der Waals surface area contributed by atoms with E-state index in [1.165, 1.54) is 0 Å². The minimum atomic E-state index is -3.22. The lowest BCUT2D eigenvalue weighted by atomic mass is 9.77. The molecule has 0 fully saturated rings. The Kier molecular flexibility index (Phi) is 8.48. The van der Waals surface area contributed by atoms with Crippen LogP contribution in [0.4, 0.5) is 0 Å². The van der Waals surface area contributed by atoms with Crippen LogP contribution in [0.15, 0.2) is 60.8 Å². The van der Waals surface area contributed by atoms with Gasteiger partial charge >= 0.3 is 0 Å². The van der Waals surface area contributed by atoms with Crippen molar-refractivity contribution < 1.29 is 18.3 Å². The lowest BCUT2D eigenvalue weighted by Crippen LogP contribution is -2.21. The third-order valence-electron chi connectivity index (χ3n) is 6.44. The minimum Gasteiger partial charge on any atom is -0.488 e. The molecule has 0 bridgehead atoms. The molecular formula is C29H27Cl2N3O4S. The highest BCUT2D eigenvalue weighted by atomic mass is 35.5. The van der Waals surface area contributed by atoms with E-state index in [9.17, 15) is 18.8 Å². The monoisotopic (exact) mass is 583 g/mol. The Hall–Kier alpha value is -3.22. The fraction of sp³-hybridized carbons (Fsp3) is 0.276. The highest BCUT2D eigenvalue weighted by Gasteiger charge is 2.26. The van der Waals surface area contributed by atoms with Gasteiger partial charge in [-0.2, -0.15) is 5.26 Å². The largest absolute Gasteiger partial charge is 0.488 e. The van der Waals surface area contributed by atoms with Crippen LogP contribution in [0, 0.1) is 11.3 Å². The van der Waals surface area contributed by atoms with Gasteiger partial charge in [-0.3, -0.25) is 0 Å². The van der Waals surface area contributed by atoms with E-state index >= 15 is 0 Å². The van der Waals surface area contributed by atoms with Gasteiger partial charge in [-0.15, -0.1) is 11.6 Å². The molecule has 0 aliphatic heterocycles. The summed E-state index contributed by atoms with van der Waals surface area (Å²) in [6, 6.07) is 19.6. The maximum absolute atomic E-state index is 11.6. The SMILES string of the molecule is CC(C)(c1ccc(-c2ccc3nc(CS(C)(=O)=O)ncc3c2)cc1)c1cc(Cl)c(OCC(O)CCl)c(C#N)c1. The summed E-state index contributed by atoms with van der Waals surface area (Å²) in [6.45, 7) is 4.03. The average molecular weight is 585 g/mol. The van der Waals surface area contributed by atoms with E-state index in [4.69, 9.17) is 27.9 Å². The Balaban J connectivity index is 1.60. The summed E-state index contributed by atoms with van der Waals surface area (Å²) in [4.78, 5) is 8.58. The van der Waals surface area contributed by atoms with Gasteiger partial charge in [0.05, 0.1) is 22.0 Å². The molecule has 4 aromatic rings. The number of aliphatic hydroxyl groups is 1. The highest BCUT2D eigenvalue weighted by Crippen LogP contribution is 2.39. The standard InChI is InChI=1S/C29H27Cl2N3O4S/c1-29(2,23-11-20(14-32)28(25(31)12-23)38-16-24(35)13-30)22-7-4-18(5-8-22)19-6-9-26-21(10-19)15-33-27(34-26)17-39(3,36)37/h4-12,15,24,35H,13,16-17H2,1-3H3. The van der Waals surface area contributed by atoms with Gasteiger partial charge in [0.2, 0.25) is 0 Å². The van der Waals surface area contributed by atoms with Gasteiger partial charge in [-0.25, -0.2) is 18.4 Å². The first kappa shape index (κ1) is 28.8. The van der Waals surface area contributed by atoms with Gasteiger partial charge in [0.15, 0.2) is 15.6 Å². The second-order valence-electron chi connectivity index (χ2n) is 9.90. The molecule has 39 heavy (non-hydrogen) atoms. The van der Waals surface area contributed by atoms with Crippen molar-refractivity contribution in [2.45, 2.75) is 31.1 Å². The molecule has 1 atom stereocenters. The number of aliphatic hydroxyl groups excluding tert-OH is 1. The van der Waals surface area contributed by atoms with Crippen molar-refractivity contribution in [2.75, 3.05) is 18.7 Å². The summed E-state index contributed by atoms with van der Waals surface area (Å²) in [5.41, 5.74) is 4.31. The molecule has 1 unspecified atom stereocenters. The first-order valence-electron chi connectivity index (χ1n) is 12.1. The van der Waals surface area contributed by atoms with Crippen LogP contribution in [-0.2, 0) is 21.0 Å². The van der Waals surface area contributed by atoms with Crippen LogP contribution in [-0.4, -0.2) is 48.3 Å². The second-order valence-corrected chi connectivity index (χ2v) is 12.8. The van der Waals surface area contributed by atoms with Gasteiger partial charge < -0.3 is 9.84 Å². The average Bonchev–Trinajstić information content (AvgIpc) is 2.90. The normalized spacial score (nSPS) is 12.7. The number of hydrogen-bond acceptors (Lipinski definition) is 7. The first-order valence-corrected chi connectivity index (χ1v) is 15.0. The van der Waals surface area contributed by atoms with Crippen molar-refractivity contribution in [3.05, 3.63) is 88.3 Å². The third-order valence-corrected chi connectivity index (χ3v) is 7.86. The quantitative estimate of drug-likeness (QED) is 0.252. The number of nitriles is 1. The number of benzene rings is 3. The number of hydrogen-bond donors (Lipinski definition) is 1. The van der Waals surface area contributed by atoms with Gasteiger partial charge in [-0.05, 0) is 46.5 Å². The number of nitrogens with zero attached hydrogens (tertiary/aromatic N) is 3. The fourth-order valence-corrected chi connectivity index (χ4v) is 5.18. The molecule has 202 valence electrons. The number of alkyl halides is 1.